The molecule has 0 bridgehead atoms. The second kappa shape index (κ2) is 8.16. The van der Waals surface area contributed by atoms with Crippen LogP contribution in [0.4, 0.5) is 13.2 Å². The second-order valence-corrected chi connectivity index (χ2v) is 10.2. The number of oxime groups is 1. The molecule has 6 nitrogen and oxygen atoms in total. The van der Waals surface area contributed by atoms with Gasteiger partial charge in [-0.2, -0.15) is 13.2 Å². The van der Waals surface area contributed by atoms with Gasteiger partial charge in [0.15, 0.2) is 0 Å². The van der Waals surface area contributed by atoms with Crippen molar-refractivity contribution in [2.75, 3.05) is 13.1 Å². The monoisotopic (exact) mass is 548 g/mol. The van der Waals surface area contributed by atoms with E-state index in [0.29, 0.717) is 13.1 Å². The van der Waals surface area contributed by atoms with Crippen LogP contribution in [0.5, 0.6) is 0 Å². The molecule has 35 heavy (non-hydrogen) atoms. The molecule has 1 fully saturated rings. The summed E-state index contributed by atoms with van der Waals surface area (Å²) in [6, 6.07) is 6.93. The van der Waals surface area contributed by atoms with Crippen molar-refractivity contribution in [3.63, 3.8) is 0 Å². The maximum atomic E-state index is 14.2. The fourth-order valence-electron chi connectivity index (χ4n) is 4.46. The lowest BCUT2D eigenvalue weighted by Crippen LogP contribution is -2.61. The number of halogens is 6. The van der Waals surface area contributed by atoms with Crippen LogP contribution in [0.1, 0.15) is 36.1 Å². The first kappa shape index (κ1) is 24.5. The van der Waals surface area contributed by atoms with Gasteiger partial charge in [-0.1, -0.05) is 54.7 Å². The highest BCUT2D eigenvalue weighted by atomic mass is 35.5. The van der Waals surface area contributed by atoms with Gasteiger partial charge in [0.05, 0.1) is 40.3 Å². The quantitative estimate of drug-likeness (QED) is 0.441. The summed E-state index contributed by atoms with van der Waals surface area (Å²) in [6.45, 7) is 4.76. The molecular formula is C23H18Cl3F3N2O4. The predicted molar refractivity (Wildman–Crippen MR) is 122 cm³/mol. The minimum absolute atomic E-state index is 0.0426. The summed E-state index contributed by atoms with van der Waals surface area (Å²) in [5.74, 6) is -3.69. The Bertz CT molecular complexity index is 1240. The maximum absolute atomic E-state index is 14.2. The van der Waals surface area contributed by atoms with Gasteiger partial charge in [-0.3, -0.25) is 4.79 Å². The van der Waals surface area contributed by atoms with Crippen LogP contribution in [0.15, 0.2) is 35.5 Å². The minimum Gasteiger partial charge on any atom is -0.419 e. The normalized spacial score (nSPS) is 22.5. The Morgan fingerprint density at radius 1 is 1.11 bits per heavy atom. The highest BCUT2D eigenvalue weighted by molar-refractivity contribution is 6.48. The number of fused-ring (bicyclic) bond motifs is 2. The van der Waals surface area contributed by atoms with Crippen LogP contribution in [0, 0.1) is 5.92 Å². The Kier molecular flexibility index (Phi) is 5.71. The molecule has 2 aromatic carbocycles. The number of amides is 1. The summed E-state index contributed by atoms with van der Waals surface area (Å²) in [5, 5.41) is 3.12. The van der Waals surface area contributed by atoms with Crippen LogP contribution in [0.2, 0.25) is 15.1 Å². The van der Waals surface area contributed by atoms with Gasteiger partial charge in [-0.15, -0.1) is 0 Å². The summed E-state index contributed by atoms with van der Waals surface area (Å²) in [6.07, 6.45) is -5.03. The molecule has 1 spiro atoms. The molecule has 3 aliphatic heterocycles. The lowest BCUT2D eigenvalue weighted by molar-refractivity contribution is -0.352. The Hall–Kier alpha value is -2.20. The summed E-state index contributed by atoms with van der Waals surface area (Å²) in [4.78, 5) is 18.8. The summed E-state index contributed by atoms with van der Waals surface area (Å²) < 4.78 is 53.9. The Labute approximate surface area is 213 Å². The van der Waals surface area contributed by atoms with Crippen molar-refractivity contribution in [2.24, 2.45) is 11.1 Å². The molecule has 0 aromatic heterocycles. The van der Waals surface area contributed by atoms with E-state index in [1.54, 1.807) is 23.1 Å². The van der Waals surface area contributed by atoms with E-state index >= 15 is 0 Å². The Balaban J connectivity index is 1.42. The first-order valence-electron chi connectivity index (χ1n) is 10.6. The number of ether oxygens (including phenoxy) is 2. The number of nitrogens with zero attached hydrogens (tertiary/aromatic N) is 2. The average molecular weight is 550 g/mol. The van der Waals surface area contributed by atoms with Crippen LogP contribution >= 0.6 is 34.8 Å². The number of carbonyl (C=O) groups excluding carboxylic acids is 1. The van der Waals surface area contributed by atoms with Crippen LogP contribution in [0.25, 0.3) is 0 Å². The van der Waals surface area contributed by atoms with Gasteiger partial charge in [0.2, 0.25) is 5.91 Å². The number of rotatable bonds is 3. The molecule has 3 heterocycles. The molecule has 5 rings (SSSR count). The van der Waals surface area contributed by atoms with E-state index in [9.17, 15) is 18.0 Å². The maximum Gasteiger partial charge on any atom is 0.475 e. The molecule has 1 amide bonds. The van der Waals surface area contributed by atoms with E-state index in [4.69, 9.17) is 49.1 Å². The highest BCUT2D eigenvalue weighted by Crippen LogP contribution is 2.50. The van der Waals surface area contributed by atoms with Crippen LogP contribution in [-0.2, 0) is 37.1 Å². The van der Waals surface area contributed by atoms with Gasteiger partial charge in [0.1, 0.15) is 5.60 Å². The molecule has 1 saturated heterocycles. The third-order valence-corrected chi connectivity index (χ3v) is 7.48. The summed E-state index contributed by atoms with van der Waals surface area (Å²) >= 11 is 17.8. The minimum atomic E-state index is -5.03. The standard InChI is InChI=1S/C23H18Cl3F3N2O4/c1-11(2)20(32)31-9-21(10-31)15-4-3-12(5-13(15)8-33-21)19-30-35-22(34-19,23(27,28)29)14-6-16(24)18(26)17(25)7-14/h3-7,11H,8-10H2,1-2H3. The van der Waals surface area contributed by atoms with Crippen molar-refractivity contribution in [2.45, 2.75) is 38.0 Å². The largest absolute Gasteiger partial charge is 0.475 e. The van der Waals surface area contributed by atoms with Crippen LogP contribution in [0.3, 0.4) is 0 Å². The number of hydrogen-bond acceptors (Lipinski definition) is 5. The molecule has 0 N–H and O–H groups in total. The van der Waals surface area contributed by atoms with Crippen LogP contribution < -0.4 is 0 Å². The van der Waals surface area contributed by atoms with E-state index in [1.807, 2.05) is 13.8 Å². The van der Waals surface area contributed by atoms with Crippen molar-refractivity contribution in [3.05, 3.63) is 67.7 Å². The lowest BCUT2D eigenvalue weighted by Gasteiger charge is -2.48. The van der Waals surface area contributed by atoms with Gasteiger partial charge in [0, 0.05) is 11.5 Å². The second-order valence-electron chi connectivity index (χ2n) is 8.96. The average Bonchev–Trinajstić information content (AvgIpc) is 3.38. The Morgan fingerprint density at radius 3 is 2.37 bits per heavy atom. The van der Waals surface area contributed by atoms with E-state index in [-0.39, 0.29) is 45.0 Å². The number of alkyl halides is 3. The molecule has 1 atom stereocenters. The van der Waals surface area contributed by atoms with Crippen molar-refractivity contribution in [1.82, 2.24) is 4.90 Å². The van der Waals surface area contributed by atoms with Gasteiger partial charge >= 0.3 is 12.0 Å². The SMILES string of the molecule is CC(C)C(=O)N1CC2(C1)OCc1cc(C3=NOC(c4cc(Cl)c(Cl)c(Cl)c4)(C(F)(F)F)O3)ccc12. The number of benzene rings is 2. The molecule has 0 radical (unpaired) electrons. The highest BCUT2D eigenvalue weighted by Gasteiger charge is 2.66. The zero-order valence-corrected chi connectivity index (χ0v) is 20.6. The fourth-order valence-corrected chi connectivity index (χ4v) is 5.05. The van der Waals surface area contributed by atoms with E-state index < -0.39 is 23.1 Å². The Morgan fingerprint density at radius 2 is 1.77 bits per heavy atom. The van der Waals surface area contributed by atoms with Crippen molar-refractivity contribution >= 4 is 46.6 Å². The van der Waals surface area contributed by atoms with Gasteiger partial charge in [-0.05, 0) is 40.5 Å². The van der Waals surface area contributed by atoms with Crippen LogP contribution in [-0.4, -0.2) is 36.0 Å². The molecular weight excluding hydrogens is 532 g/mol. The molecule has 1 unspecified atom stereocenters. The lowest BCUT2D eigenvalue weighted by atomic mass is 9.84. The first-order chi connectivity index (χ1) is 16.4. The van der Waals surface area contributed by atoms with Gasteiger partial charge < -0.3 is 19.2 Å². The smallest absolute Gasteiger partial charge is 0.419 e. The number of hydrogen-bond donors (Lipinski definition) is 0. The van der Waals surface area contributed by atoms with Crippen molar-refractivity contribution in [3.8, 4) is 0 Å². The van der Waals surface area contributed by atoms with Gasteiger partial charge in [-0.25, -0.2) is 0 Å². The van der Waals surface area contributed by atoms with E-state index in [2.05, 4.69) is 5.16 Å². The van der Waals surface area contributed by atoms with E-state index in [0.717, 1.165) is 23.3 Å². The number of carbonyl (C=O) groups is 1. The van der Waals surface area contributed by atoms with Crippen molar-refractivity contribution in [1.29, 1.82) is 0 Å². The molecule has 0 aliphatic carbocycles. The summed E-state index contributed by atoms with van der Waals surface area (Å²) in [5.41, 5.74) is 0.811. The fraction of sp³-hybridized carbons (Fsp3) is 0.391. The zero-order chi connectivity index (χ0) is 25.3. The number of likely N-dealkylation sites (tertiary alicyclic amines) is 1. The summed E-state index contributed by atoms with van der Waals surface area (Å²) in [7, 11) is 0. The molecule has 0 saturated carbocycles. The third-order valence-electron chi connectivity index (χ3n) is 6.28. The molecule has 12 heteroatoms. The molecule has 2 aromatic rings. The predicted octanol–water partition coefficient (Wildman–Crippen LogP) is 5.99. The molecule has 186 valence electrons. The zero-order valence-electron chi connectivity index (χ0n) is 18.4. The third kappa shape index (κ3) is 3.75. The van der Waals surface area contributed by atoms with Crippen molar-refractivity contribution < 1.29 is 32.3 Å². The van der Waals surface area contributed by atoms with Gasteiger partial charge in [0.25, 0.3) is 5.90 Å². The first-order valence-corrected chi connectivity index (χ1v) is 11.7. The molecule has 3 aliphatic rings. The topological polar surface area (TPSA) is 60.4 Å². The van der Waals surface area contributed by atoms with E-state index in [1.165, 1.54) is 0 Å².